The second-order valence-corrected chi connectivity index (χ2v) is 5.46. The molecule has 114 valence electrons. The molecule has 0 aromatic carbocycles. The lowest BCUT2D eigenvalue weighted by atomic mass is 10.0. The summed E-state index contributed by atoms with van der Waals surface area (Å²) in [5, 5.41) is 5.96. The van der Waals surface area contributed by atoms with Crippen molar-refractivity contribution in [2.75, 3.05) is 6.54 Å². The third-order valence-electron chi connectivity index (χ3n) is 4.07. The van der Waals surface area contributed by atoms with E-state index in [1.54, 1.807) is 0 Å². The Balaban J connectivity index is 1.76. The lowest BCUT2D eigenvalue weighted by molar-refractivity contribution is -0.140. The summed E-state index contributed by atoms with van der Waals surface area (Å²) < 4.78 is 51.0. The Labute approximate surface area is 117 Å². The monoisotopic (exact) mass is 303 g/mol. The highest BCUT2D eigenvalue weighted by Crippen LogP contribution is 2.33. The second-order valence-electron chi connectivity index (χ2n) is 5.46. The van der Waals surface area contributed by atoms with Crippen LogP contribution >= 0.6 is 0 Å². The lowest BCUT2D eigenvalue weighted by Gasteiger charge is -2.23. The van der Waals surface area contributed by atoms with Gasteiger partial charge in [-0.2, -0.15) is 13.2 Å². The predicted molar refractivity (Wildman–Crippen MR) is 65.0 cm³/mol. The Bertz CT molecular complexity index is 575. The van der Waals surface area contributed by atoms with Crippen LogP contribution in [0.5, 0.6) is 0 Å². The molecule has 4 nitrogen and oxygen atoms in total. The number of amides is 1. The van der Waals surface area contributed by atoms with Crippen molar-refractivity contribution >= 4 is 5.91 Å². The van der Waals surface area contributed by atoms with Crippen LogP contribution in [0.15, 0.2) is 12.3 Å². The van der Waals surface area contributed by atoms with Crippen LogP contribution in [-0.2, 0) is 6.18 Å². The number of hydrogen-bond donors (Lipinski definition) is 2. The normalized spacial score (nSPS) is 27.9. The van der Waals surface area contributed by atoms with Gasteiger partial charge in [0.15, 0.2) is 5.82 Å². The van der Waals surface area contributed by atoms with Gasteiger partial charge in [-0.3, -0.25) is 4.79 Å². The first-order valence-electron chi connectivity index (χ1n) is 6.61. The van der Waals surface area contributed by atoms with E-state index >= 15 is 0 Å². The fourth-order valence-electron chi connectivity index (χ4n) is 3.03. The van der Waals surface area contributed by atoms with Crippen LogP contribution in [0.25, 0.3) is 0 Å². The fourth-order valence-corrected chi connectivity index (χ4v) is 3.03. The van der Waals surface area contributed by atoms with Crippen molar-refractivity contribution in [1.82, 2.24) is 15.6 Å². The van der Waals surface area contributed by atoms with Crippen LogP contribution in [0.4, 0.5) is 17.6 Å². The number of fused-ring (bicyclic) bond motifs is 2. The van der Waals surface area contributed by atoms with Crippen LogP contribution < -0.4 is 10.6 Å². The number of nitrogens with zero attached hydrogens (tertiary/aromatic N) is 1. The average Bonchev–Trinajstić information content (AvgIpc) is 3.00. The van der Waals surface area contributed by atoms with Gasteiger partial charge in [-0.25, -0.2) is 9.37 Å². The van der Waals surface area contributed by atoms with E-state index in [1.807, 2.05) is 0 Å². The first-order chi connectivity index (χ1) is 9.84. The highest BCUT2D eigenvalue weighted by molar-refractivity contribution is 5.92. The summed E-state index contributed by atoms with van der Waals surface area (Å²) in [6.07, 6.45) is -2.71. The fraction of sp³-hybridized carbons (Fsp3) is 0.538. The van der Waals surface area contributed by atoms with E-state index in [2.05, 4.69) is 15.6 Å². The van der Waals surface area contributed by atoms with Gasteiger partial charge in [-0.1, -0.05) is 0 Å². The van der Waals surface area contributed by atoms with Gasteiger partial charge in [0.25, 0.3) is 5.91 Å². The van der Waals surface area contributed by atoms with Crippen molar-refractivity contribution in [3.8, 4) is 0 Å². The van der Waals surface area contributed by atoms with Crippen molar-refractivity contribution in [1.29, 1.82) is 0 Å². The summed E-state index contributed by atoms with van der Waals surface area (Å²) in [6, 6.07) is 0.744. The number of carbonyl (C=O) groups excluding carboxylic acids is 1. The second kappa shape index (κ2) is 4.94. The third kappa shape index (κ3) is 2.72. The maximum absolute atomic E-state index is 13.1. The number of rotatable bonds is 2. The van der Waals surface area contributed by atoms with Crippen molar-refractivity contribution in [3.63, 3.8) is 0 Å². The molecule has 0 radical (unpaired) electrons. The molecule has 0 spiro atoms. The maximum atomic E-state index is 13.1. The van der Waals surface area contributed by atoms with Gasteiger partial charge in [0.05, 0.1) is 11.8 Å². The number of alkyl halides is 3. The minimum atomic E-state index is -4.85. The van der Waals surface area contributed by atoms with Crippen molar-refractivity contribution in [3.05, 3.63) is 29.3 Å². The maximum Gasteiger partial charge on any atom is 0.419 e. The van der Waals surface area contributed by atoms with Crippen LogP contribution in [0, 0.1) is 11.7 Å². The molecule has 1 saturated carbocycles. The molecule has 1 amide bonds. The zero-order valence-corrected chi connectivity index (χ0v) is 10.9. The molecule has 3 rings (SSSR count). The Morgan fingerprint density at radius 3 is 2.71 bits per heavy atom. The third-order valence-corrected chi connectivity index (χ3v) is 4.07. The van der Waals surface area contributed by atoms with Crippen molar-refractivity contribution in [2.24, 2.45) is 5.92 Å². The molecule has 2 bridgehead atoms. The van der Waals surface area contributed by atoms with Gasteiger partial charge in [-0.15, -0.1) is 0 Å². The molecule has 2 fully saturated rings. The topological polar surface area (TPSA) is 54.0 Å². The SMILES string of the molecule is O=C(NC1CC2CC1CN2)c1cc(C(F)(F)F)c(F)cn1. The average molecular weight is 303 g/mol. The van der Waals surface area contributed by atoms with E-state index in [0.29, 0.717) is 24.2 Å². The van der Waals surface area contributed by atoms with Gasteiger partial charge in [0.2, 0.25) is 0 Å². The molecular formula is C13H13F4N3O. The van der Waals surface area contributed by atoms with E-state index in [4.69, 9.17) is 0 Å². The Morgan fingerprint density at radius 1 is 1.38 bits per heavy atom. The van der Waals surface area contributed by atoms with Gasteiger partial charge in [0.1, 0.15) is 5.69 Å². The van der Waals surface area contributed by atoms with E-state index in [-0.39, 0.29) is 6.04 Å². The molecule has 1 aromatic rings. The molecule has 3 atom stereocenters. The highest BCUT2D eigenvalue weighted by Gasteiger charge is 2.40. The number of aromatic nitrogens is 1. The van der Waals surface area contributed by atoms with Gasteiger partial charge >= 0.3 is 6.18 Å². The minimum Gasteiger partial charge on any atom is -0.348 e. The summed E-state index contributed by atoms with van der Waals surface area (Å²) in [6.45, 7) is 0.792. The smallest absolute Gasteiger partial charge is 0.348 e. The number of halogens is 4. The molecule has 8 heteroatoms. The van der Waals surface area contributed by atoms with E-state index in [1.165, 1.54) is 0 Å². The first kappa shape index (κ1) is 14.2. The molecular weight excluding hydrogens is 290 g/mol. The zero-order chi connectivity index (χ0) is 15.2. The van der Waals surface area contributed by atoms with Crippen LogP contribution in [0.1, 0.15) is 28.9 Å². The van der Waals surface area contributed by atoms with Gasteiger partial charge in [-0.05, 0) is 24.8 Å². The molecule has 2 aliphatic rings. The summed E-state index contributed by atoms with van der Waals surface area (Å²) in [5.41, 5.74) is -1.89. The van der Waals surface area contributed by atoms with E-state index in [0.717, 1.165) is 19.4 Å². The van der Waals surface area contributed by atoms with Crippen molar-refractivity contribution in [2.45, 2.75) is 31.1 Å². The molecule has 1 saturated heterocycles. The number of pyridine rings is 1. The summed E-state index contributed by atoms with van der Waals surface area (Å²) in [5.74, 6) is -1.89. The number of carbonyl (C=O) groups is 1. The molecule has 2 N–H and O–H groups in total. The Hall–Kier alpha value is -1.70. The first-order valence-corrected chi connectivity index (χ1v) is 6.61. The summed E-state index contributed by atoms with van der Waals surface area (Å²) in [7, 11) is 0. The zero-order valence-electron chi connectivity index (χ0n) is 10.9. The van der Waals surface area contributed by atoms with Crippen molar-refractivity contribution < 1.29 is 22.4 Å². The molecule has 21 heavy (non-hydrogen) atoms. The van der Waals surface area contributed by atoms with E-state index < -0.39 is 29.2 Å². The Kier molecular flexibility index (Phi) is 3.35. The standard InChI is InChI=1S/C13H13F4N3O/c14-9-5-19-11(3-8(9)13(15,16)17)12(21)20-10-2-7-1-6(10)4-18-7/h3,5-7,10,18H,1-2,4H2,(H,20,21). The minimum absolute atomic E-state index is 0.0649. The van der Waals surface area contributed by atoms with E-state index in [9.17, 15) is 22.4 Å². The quantitative estimate of drug-likeness (QED) is 0.818. The number of nitrogens with one attached hydrogen (secondary N) is 2. The summed E-state index contributed by atoms with van der Waals surface area (Å²) >= 11 is 0. The largest absolute Gasteiger partial charge is 0.419 e. The van der Waals surface area contributed by atoms with Gasteiger partial charge in [0, 0.05) is 18.6 Å². The number of piperidine rings is 1. The summed E-state index contributed by atoms with van der Waals surface area (Å²) in [4.78, 5) is 15.4. The van der Waals surface area contributed by atoms with Crippen LogP contribution in [0.3, 0.4) is 0 Å². The van der Waals surface area contributed by atoms with Gasteiger partial charge < -0.3 is 10.6 Å². The van der Waals surface area contributed by atoms with Crippen LogP contribution in [0.2, 0.25) is 0 Å². The molecule has 1 aliphatic carbocycles. The Morgan fingerprint density at radius 2 is 2.14 bits per heavy atom. The molecule has 1 aromatic heterocycles. The molecule has 3 unspecified atom stereocenters. The lowest BCUT2D eigenvalue weighted by Crippen LogP contribution is -2.44. The number of hydrogen-bond acceptors (Lipinski definition) is 3. The predicted octanol–water partition coefficient (Wildman–Crippen LogP) is 1.72. The molecule has 2 heterocycles. The highest BCUT2D eigenvalue weighted by atomic mass is 19.4. The van der Waals surface area contributed by atoms with Crippen LogP contribution in [-0.4, -0.2) is 29.5 Å². The molecule has 1 aliphatic heterocycles.